The van der Waals surface area contributed by atoms with Crippen molar-refractivity contribution < 1.29 is 13.9 Å². The molecule has 0 N–H and O–H groups in total. The number of hydrogen-bond donors (Lipinski definition) is 0. The lowest BCUT2D eigenvalue weighted by Gasteiger charge is -2.20. The Kier molecular flexibility index (Phi) is 4.21. The molecule has 0 radical (unpaired) electrons. The van der Waals surface area contributed by atoms with E-state index in [-0.39, 0.29) is 6.42 Å². The zero-order valence-electron chi connectivity index (χ0n) is 8.19. The fraction of sp³-hybridized carbons (Fsp3) is 0.889. The summed E-state index contributed by atoms with van der Waals surface area (Å²) in [5.41, 5.74) is -0.588. The van der Waals surface area contributed by atoms with Crippen molar-refractivity contribution in [3.8, 4) is 0 Å². The van der Waals surface area contributed by atoms with Gasteiger partial charge in [0.15, 0.2) is 6.17 Å². The van der Waals surface area contributed by atoms with Crippen LogP contribution in [0.1, 0.15) is 40.5 Å². The predicted molar refractivity (Wildman–Crippen MR) is 45.6 cm³/mol. The molecule has 0 heterocycles. The van der Waals surface area contributed by atoms with Crippen molar-refractivity contribution >= 4 is 5.97 Å². The van der Waals surface area contributed by atoms with Crippen LogP contribution in [0, 0.1) is 0 Å². The van der Waals surface area contributed by atoms with Crippen LogP contribution in [0.25, 0.3) is 0 Å². The highest BCUT2D eigenvalue weighted by Gasteiger charge is 2.23. The van der Waals surface area contributed by atoms with E-state index in [9.17, 15) is 9.18 Å². The lowest BCUT2D eigenvalue weighted by Crippen LogP contribution is -2.29. The Morgan fingerprint density at radius 2 is 2.00 bits per heavy atom. The molecule has 0 aromatic rings. The third kappa shape index (κ3) is 5.10. The first-order valence-electron chi connectivity index (χ1n) is 4.23. The Morgan fingerprint density at radius 1 is 1.50 bits per heavy atom. The summed E-state index contributed by atoms with van der Waals surface area (Å²) in [6.45, 7) is 7.01. The summed E-state index contributed by atoms with van der Waals surface area (Å²) in [5.74, 6) is -0.746. The number of ether oxygens (including phenoxy) is 1. The average Bonchev–Trinajstić information content (AvgIpc) is 1.84. The van der Waals surface area contributed by atoms with Crippen LogP contribution < -0.4 is 0 Å². The Morgan fingerprint density at radius 3 is 2.33 bits per heavy atom. The lowest BCUT2D eigenvalue weighted by atomic mass is 10.2. The molecule has 1 unspecified atom stereocenters. The van der Waals surface area contributed by atoms with Crippen molar-refractivity contribution in [1.29, 1.82) is 0 Å². The summed E-state index contributed by atoms with van der Waals surface area (Å²) in [6.07, 6.45) is -0.566. The minimum atomic E-state index is -1.46. The first-order valence-corrected chi connectivity index (χ1v) is 4.23. The van der Waals surface area contributed by atoms with E-state index in [1.165, 1.54) is 0 Å². The van der Waals surface area contributed by atoms with Crippen LogP contribution in [0.4, 0.5) is 4.39 Å². The third-order valence-electron chi connectivity index (χ3n) is 1.20. The molecule has 0 aliphatic rings. The van der Waals surface area contributed by atoms with E-state index >= 15 is 0 Å². The van der Waals surface area contributed by atoms with E-state index in [4.69, 9.17) is 4.74 Å². The van der Waals surface area contributed by atoms with Gasteiger partial charge in [0.2, 0.25) is 0 Å². The molecule has 0 aliphatic carbocycles. The van der Waals surface area contributed by atoms with Crippen molar-refractivity contribution in [2.75, 3.05) is 0 Å². The summed E-state index contributed by atoms with van der Waals surface area (Å²) >= 11 is 0. The fourth-order valence-corrected chi connectivity index (χ4v) is 0.737. The van der Waals surface area contributed by atoms with Crippen LogP contribution in [0.3, 0.4) is 0 Å². The van der Waals surface area contributed by atoms with Gasteiger partial charge in [-0.2, -0.15) is 0 Å². The second-order valence-corrected chi connectivity index (χ2v) is 3.79. The van der Waals surface area contributed by atoms with Gasteiger partial charge in [0.1, 0.15) is 5.60 Å². The number of carbonyl (C=O) groups excluding carboxylic acids is 1. The maximum atomic E-state index is 12.9. The quantitative estimate of drug-likeness (QED) is 0.617. The standard InChI is InChI=1S/C9H17FO2/c1-5-6-7(10)8(11)12-9(2,3)4/h7H,5-6H2,1-4H3. The molecule has 3 heteroatoms. The molecule has 72 valence electrons. The Labute approximate surface area is 73.1 Å². The number of hydrogen-bond acceptors (Lipinski definition) is 2. The smallest absolute Gasteiger partial charge is 0.341 e. The van der Waals surface area contributed by atoms with Crippen molar-refractivity contribution in [3.63, 3.8) is 0 Å². The summed E-state index contributed by atoms with van der Waals surface area (Å²) in [7, 11) is 0. The van der Waals surface area contributed by atoms with E-state index in [2.05, 4.69) is 0 Å². The number of alkyl halides is 1. The highest BCUT2D eigenvalue weighted by atomic mass is 19.1. The van der Waals surface area contributed by atoms with Gasteiger partial charge in [-0.25, -0.2) is 9.18 Å². The molecule has 1 atom stereocenters. The molecule has 0 amide bonds. The van der Waals surface area contributed by atoms with Crippen LogP contribution in [0.15, 0.2) is 0 Å². The number of halogens is 1. The first-order chi connectivity index (χ1) is 5.37. The fourth-order valence-electron chi connectivity index (χ4n) is 0.737. The third-order valence-corrected chi connectivity index (χ3v) is 1.20. The molecule has 0 fully saturated rings. The van der Waals surface area contributed by atoms with Crippen LogP contribution in [-0.2, 0) is 9.53 Å². The number of carbonyl (C=O) groups is 1. The van der Waals surface area contributed by atoms with E-state index < -0.39 is 17.7 Å². The van der Waals surface area contributed by atoms with Gasteiger partial charge in [-0.15, -0.1) is 0 Å². The molecule has 0 spiro atoms. The molecule has 2 nitrogen and oxygen atoms in total. The van der Waals surface area contributed by atoms with Gasteiger partial charge < -0.3 is 4.74 Å². The van der Waals surface area contributed by atoms with Gasteiger partial charge >= 0.3 is 5.97 Å². The molecular weight excluding hydrogens is 159 g/mol. The zero-order chi connectivity index (χ0) is 9.78. The van der Waals surface area contributed by atoms with Crippen molar-refractivity contribution in [3.05, 3.63) is 0 Å². The van der Waals surface area contributed by atoms with Crippen LogP contribution >= 0.6 is 0 Å². The Balaban J connectivity index is 3.87. The second-order valence-electron chi connectivity index (χ2n) is 3.79. The molecule has 0 aliphatic heterocycles. The lowest BCUT2D eigenvalue weighted by molar-refractivity contribution is -0.161. The van der Waals surface area contributed by atoms with Crippen LogP contribution in [-0.4, -0.2) is 17.7 Å². The van der Waals surface area contributed by atoms with Crippen LogP contribution in [0.2, 0.25) is 0 Å². The second kappa shape index (κ2) is 4.43. The zero-order valence-corrected chi connectivity index (χ0v) is 8.19. The summed E-state index contributed by atoms with van der Waals surface area (Å²) in [5, 5.41) is 0. The predicted octanol–water partition coefficient (Wildman–Crippen LogP) is 2.47. The van der Waals surface area contributed by atoms with E-state index in [1.54, 1.807) is 20.8 Å². The number of esters is 1. The highest BCUT2D eigenvalue weighted by molar-refractivity contribution is 5.74. The maximum Gasteiger partial charge on any atom is 0.341 e. The molecule has 12 heavy (non-hydrogen) atoms. The monoisotopic (exact) mass is 176 g/mol. The Bertz CT molecular complexity index is 149. The minimum Gasteiger partial charge on any atom is -0.458 e. The first kappa shape index (κ1) is 11.4. The van der Waals surface area contributed by atoms with E-state index in [0.29, 0.717) is 6.42 Å². The van der Waals surface area contributed by atoms with Gasteiger partial charge in [0, 0.05) is 0 Å². The SMILES string of the molecule is CCCC(F)C(=O)OC(C)(C)C. The van der Waals surface area contributed by atoms with Gasteiger partial charge in [0.25, 0.3) is 0 Å². The molecule has 0 aromatic heterocycles. The topological polar surface area (TPSA) is 26.3 Å². The highest BCUT2D eigenvalue weighted by Crippen LogP contribution is 2.12. The van der Waals surface area contributed by atoms with Crippen molar-refractivity contribution in [1.82, 2.24) is 0 Å². The average molecular weight is 176 g/mol. The van der Waals surface area contributed by atoms with E-state index in [0.717, 1.165) is 0 Å². The summed E-state index contributed by atoms with van der Waals surface area (Å²) < 4.78 is 17.7. The maximum absolute atomic E-state index is 12.9. The molecule has 0 saturated heterocycles. The Hall–Kier alpha value is -0.600. The molecule has 0 bridgehead atoms. The largest absolute Gasteiger partial charge is 0.458 e. The van der Waals surface area contributed by atoms with E-state index in [1.807, 2.05) is 6.92 Å². The van der Waals surface area contributed by atoms with Gasteiger partial charge in [-0.3, -0.25) is 0 Å². The molecular formula is C9H17FO2. The van der Waals surface area contributed by atoms with Crippen LogP contribution in [0.5, 0.6) is 0 Å². The molecule has 0 aromatic carbocycles. The molecule has 0 saturated carbocycles. The number of rotatable bonds is 3. The minimum absolute atomic E-state index is 0.245. The van der Waals surface area contributed by atoms with Crippen molar-refractivity contribution in [2.45, 2.75) is 52.3 Å². The summed E-state index contributed by atoms with van der Waals surface area (Å²) in [4.78, 5) is 11.0. The summed E-state index contributed by atoms with van der Waals surface area (Å²) in [6, 6.07) is 0. The molecule has 0 rings (SSSR count). The van der Waals surface area contributed by atoms with Gasteiger partial charge in [-0.05, 0) is 27.2 Å². The van der Waals surface area contributed by atoms with Gasteiger partial charge in [-0.1, -0.05) is 13.3 Å². The van der Waals surface area contributed by atoms with Gasteiger partial charge in [0.05, 0.1) is 0 Å². The normalized spacial score (nSPS) is 14.1. The van der Waals surface area contributed by atoms with Crippen molar-refractivity contribution in [2.24, 2.45) is 0 Å².